The van der Waals surface area contributed by atoms with Crippen LogP contribution in [0.1, 0.15) is 13.8 Å². The number of hydrogen-bond acceptors (Lipinski definition) is 4. The van der Waals surface area contributed by atoms with Crippen LogP contribution in [0.4, 0.5) is 11.4 Å². The molecule has 1 fully saturated rings. The van der Waals surface area contributed by atoms with Gasteiger partial charge >= 0.3 is 0 Å². The van der Waals surface area contributed by atoms with Gasteiger partial charge in [-0.15, -0.1) is 0 Å². The van der Waals surface area contributed by atoms with Crippen molar-refractivity contribution in [1.29, 1.82) is 0 Å². The van der Waals surface area contributed by atoms with E-state index in [0.717, 1.165) is 24.5 Å². The van der Waals surface area contributed by atoms with Gasteiger partial charge in [-0.25, -0.2) is 0 Å². The molecule has 19 heavy (non-hydrogen) atoms. The monoisotopic (exact) mass is 261 g/mol. The fraction of sp³-hybridized carbons (Fsp3) is 0.429. The third-order valence-electron chi connectivity index (χ3n) is 3.29. The first-order valence-electron chi connectivity index (χ1n) is 6.56. The lowest BCUT2D eigenvalue weighted by atomic mass is 10.2. The molecule has 1 aliphatic heterocycles. The number of benzene rings is 1. The van der Waals surface area contributed by atoms with Crippen LogP contribution < -0.4 is 15.1 Å². The Bertz CT molecular complexity index is 450. The highest BCUT2D eigenvalue weighted by Gasteiger charge is 2.22. The summed E-state index contributed by atoms with van der Waals surface area (Å²) in [5.74, 6) is -0.492. The van der Waals surface area contributed by atoms with Crippen molar-refractivity contribution in [2.45, 2.75) is 13.8 Å². The van der Waals surface area contributed by atoms with E-state index in [-0.39, 0.29) is 24.9 Å². The van der Waals surface area contributed by atoms with E-state index in [4.69, 9.17) is 0 Å². The zero-order valence-electron chi connectivity index (χ0n) is 11.3. The van der Waals surface area contributed by atoms with E-state index in [0.29, 0.717) is 0 Å². The van der Waals surface area contributed by atoms with Gasteiger partial charge in [0.2, 0.25) is 11.8 Å². The van der Waals surface area contributed by atoms with E-state index in [9.17, 15) is 9.59 Å². The zero-order chi connectivity index (χ0) is 13.8. The van der Waals surface area contributed by atoms with Crippen molar-refractivity contribution in [3.8, 4) is 0 Å². The minimum Gasteiger partial charge on any atom is -0.372 e. The van der Waals surface area contributed by atoms with Crippen molar-refractivity contribution >= 4 is 23.2 Å². The smallest absolute Gasteiger partial charge is 0.246 e. The van der Waals surface area contributed by atoms with Gasteiger partial charge in [-0.1, -0.05) is 0 Å². The van der Waals surface area contributed by atoms with E-state index in [1.165, 1.54) is 0 Å². The number of nitrogens with zero attached hydrogens (tertiary/aromatic N) is 2. The van der Waals surface area contributed by atoms with Gasteiger partial charge in [0.15, 0.2) is 0 Å². The van der Waals surface area contributed by atoms with Gasteiger partial charge in [-0.2, -0.15) is 0 Å². The summed E-state index contributed by atoms with van der Waals surface area (Å²) in [4.78, 5) is 26.7. The minimum absolute atomic E-state index is 0.232. The van der Waals surface area contributed by atoms with Crippen LogP contribution in [0.15, 0.2) is 24.3 Å². The molecule has 1 saturated heterocycles. The van der Waals surface area contributed by atoms with Crippen molar-refractivity contribution in [2.75, 3.05) is 36.0 Å². The normalized spacial score (nSPS) is 15.4. The topological polar surface area (TPSA) is 52.6 Å². The van der Waals surface area contributed by atoms with E-state index in [1.54, 1.807) is 4.90 Å². The molecule has 1 N–H and O–H groups in total. The molecule has 0 aliphatic carbocycles. The van der Waals surface area contributed by atoms with Crippen LogP contribution in [0.2, 0.25) is 0 Å². The molecule has 1 aromatic carbocycles. The minimum atomic E-state index is -0.246. The third kappa shape index (κ3) is 3.05. The van der Waals surface area contributed by atoms with Crippen LogP contribution in [0, 0.1) is 0 Å². The van der Waals surface area contributed by atoms with Gasteiger partial charge in [0, 0.05) is 24.5 Å². The number of carbonyl (C=O) groups is 2. The Morgan fingerprint density at radius 3 is 2.05 bits per heavy atom. The zero-order valence-corrected chi connectivity index (χ0v) is 11.3. The second kappa shape index (κ2) is 5.73. The molecule has 0 spiro atoms. The molecule has 1 aromatic rings. The van der Waals surface area contributed by atoms with E-state index in [1.807, 2.05) is 24.3 Å². The van der Waals surface area contributed by atoms with Crippen LogP contribution in [0.3, 0.4) is 0 Å². The second-order valence-corrected chi connectivity index (χ2v) is 4.52. The highest BCUT2D eigenvalue weighted by atomic mass is 16.2. The summed E-state index contributed by atoms with van der Waals surface area (Å²) in [6.07, 6.45) is 0. The highest BCUT2D eigenvalue weighted by Crippen LogP contribution is 2.21. The van der Waals surface area contributed by atoms with Crippen molar-refractivity contribution in [3.05, 3.63) is 24.3 Å². The van der Waals surface area contributed by atoms with Crippen LogP contribution in [0.25, 0.3) is 0 Å². The number of hydrogen-bond donors (Lipinski definition) is 1. The Kier molecular flexibility index (Phi) is 4.04. The van der Waals surface area contributed by atoms with Crippen LogP contribution in [0.5, 0.6) is 0 Å². The number of carbonyl (C=O) groups excluding carboxylic acids is 2. The highest BCUT2D eigenvalue weighted by molar-refractivity contribution is 6.02. The first-order valence-corrected chi connectivity index (χ1v) is 6.56. The number of nitrogens with one attached hydrogen (secondary N) is 1. The molecule has 0 aromatic heterocycles. The first-order chi connectivity index (χ1) is 9.13. The molecule has 0 bridgehead atoms. The van der Waals surface area contributed by atoms with E-state index >= 15 is 0 Å². The first kappa shape index (κ1) is 13.4. The fourth-order valence-corrected chi connectivity index (χ4v) is 2.28. The second-order valence-electron chi connectivity index (χ2n) is 4.52. The van der Waals surface area contributed by atoms with Gasteiger partial charge in [-0.05, 0) is 38.1 Å². The Morgan fingerprint density at radius 2 is 1.58 bits per heavy atom. The van der Waals surface area contributed by atoms with Gasteiger partial charge < -0.3 is 9.80 Å². The molecule has 2 rings (SSSR count). The maximum Gasteiger partial charge on any atom is 0.246 e. The largest absolute Gasteiger partial charge is 0.372 e. The fourth-order valence-electron chi connectivity index (χ4n) is 2.28. The van der Waals surface area contributed by atoms with E-state index in [2.05, 4.69) is 24.1 Å². The number of imide groups is 1. The Morgan fingerprint density at radius 1 is 1.05 bits per heavy atom. The SMILES string of the molecule is CCN(CC)c1ccc(N2CC(=O)NC(=O)C2)cc1. The predicted octanol–water partition coefficient (Wildman–Crippen LogP) is 0.996. The van der Waals surface area contributed by atoms with Crippen LogP contribution >= 0.6 is 0 Å². The molecule has 0 unspecified atom stereocenters. The molecule has 1 heterocycles. The van der Waals surface area contributed by atoms with Crippen LogP contribution in [-0.4, -0.2) is 38.0 Å². The molecular formula is C14H19N3O2. The van der Waals surface area contributed by atoms with Gasteiger partial charge in [-0.3, -0.25) is 14.9 Å². The summed E-state index contributed by atoms with van der Waals surface area (Å²) in [5, 5.41) is 2.30. The Labute approximate surface area is 113 Å². The van der Waals surface area contributed by atoms with Crippen molar-refractivity contribution in [2.24, 2.45) is 0 Å². The molecule has 5 nitrogen and oxygen atoms in total. The van der Waals surface area contributed by atoms with Gasteiger partial charge in [0.25, 0.3) is 0 Å². The predicted molar refractivity (Wildman–Crippen MR) is 75.4 cm³/mol. The van der Waals surface area contributed by atoms with Crippen molar-refractivity contribution in [3.63, 3.8) is 0 Å². The molecule has 102 valence electrons. The Balaban J connectivity index is 2.13. The maximum atomic E-state index is 11.3. The molecule has 1 aliphatic rings. The summed E-state index contributed by atoms with van der Waals surface area (Å²) in [6, 6.07) is 7.97. The molecule has 0 saturated carbocycles. The number of rotatable bonds is 4. The summed E-state index contributed by atoms with van der Waals surface area (Å²) >= 11 is 0. The average Bonchev–Trinajstić information content (AvgIpc) is 2.40. The van der Waals surface area contributed by atoms with Crippen molar-refractivity contribution < 1.29 is 9.59 Å². The number of piperazine rings is 1. The van der Waals surface area contributed by atoms with E-state index < -0.39 is 0 Å². The lowest BCUT2D eigenvalue weighted by Crippen LogP contribution is -2.51. The van der Waals surface area contributed by atoms with Gasteiger partial charge in [0.05, 0.1) is 13.1 Å². The summed E-state index contributed by atoms with van der Waals surface area (Å²) in [7, 11) is 0. The quantitative estimate of drug-likeness (QED) is 0.821. The third-order valence-corrected chi connectivity index (χ3v) is 3.29. The average molecular weight is 261 g/mol. The molecule has 2 amide bonds. The lowest BCUT2D eigenvalue weighted by Gasteiger charge is -2.28. The summed E-state index contributed by atoms with van der Waals surface area (Å²) in [5.41, 5.74) is 2.06. The standard InChI is InChI=1S/C14H19N3O2/c1-3-16(4-2)11-5-7-12(8-6-11)17-9-13(18)15-14(19)10-17/h5-8H,3-4,9-10H2,1-2H3,(H,15,18,19). The van der Waals surface area contributed by atoms with Gasteiger partial charge in [0.1, 0.15) is 0 Å². The number of amides is 2. The molecule has 0 atom stereocenters. The van der Waals surface area contributed by atoms with Crippen LogP contribution in [-0.2, 0) is 9.59 Å². The summed E-state index contributed by atoms with van der Waals surface area (Å²) in [6.45, 7) is 6.61. The molecular weight excluding hydrogens is 242 g/mol. The molecule has 0 radical (unpaired) electrons. The summed E-state index contributed by atoms with van der Waals surface area (Å²) < 4.78 is 0. The van der Waals surface area contributed by atoms with Crippen molar-refractivity contribution in [1.82, 2.24) is 5.32 Å². The number of anilines is 2. The lowest BCUT2D eigenvalue weighted by molar-refractivity contribution is -0.130. The molecule has 5 heteroatoms. The Hall–Kier alpha value is -2.04. The maximum absolute atomic E-state index is 11.3.